The first-order valence-corrected chi connectivity index (χ1v) is 6.84. The number of amides is 1. The molecule has 0 aliphatic carbocycles. The van der Waals surface area contributed by atoms with Crippen molar-refractivity contribution in [2.75, 3.05) is 5.32 Å². The second-order valence-electron chi connectivity index (χ2n) is 4.61. The van der Waals surface area contributed by atoms with Crippen molar-refractivity contribution in [2.45, 2.75) is 6.92 Å². The highest BCUT2D eigenvalue weighted by Crippen LogP contribution is 2.27. The molecule has 6 heteroatoms. The van der Waals surface area contributed by atoms with Crippen LogP contribution in [0.5, 0.6) is 0 Å². The number of hydrogen-bond donors (Lipinski definition) is 1. The monoisotopic (exact) mass is 316 g/mol. The number of nitrogens with zero attached hydrogens (tertiary/aromatic N) is 1. The average Bonchev–Trinajstić information content (AvgIpc) is 2.50. The Morgan fingerprint density at radius 3 is 2.55 bits per heavy atom. The van der Waals surface area contributed by atoms with Gasteiger partial charge in [-0.1, -0.05) is 41.9 Å². The highest BCUT2D eigenvalue weighted by atomic mass is 35.5. The maximum Gasteiger partial charge on any atom is 0.271 e. The lowest BCUT2D eigenvalue weighted by molar-refractivity contribution is -0.384. The summed E-state index contributed by atoms with van der Waals surface area (Å²) in [5.74, 6) is -0.369. The molecular formula is C16H13ClN2O3. The molecule has 0 bridgehead atoms. The molecule has 0 saturated carbocycles. The summed E-state index contributed by atoms with van der Waals surface area (Å²) >= 11 is 5.95. The van der Waals surface area contributed by atoms with E-state index in [-0.39, 0.29) is 22.3 Å². The molecule has 2 aromatic carbocycles. The van der Waals surface area contributed by atoms with Crippen LogP contribution in [0.15, 0.2) is 54.1 Å². The van der Waals surface area contributed by atoms with E-state index in [0.717, 1.165) is 5.56 Å². The number of benzene rings is 2. The fraction of sp³-hybridized carbons (Fsp3) is 0.0625. The van der Waals surface area contributed by atoms with Crippen molar-refractivity contribution in [3.8, 4) is 0 Å². The van der Waals surface area contributed by atoms with Crippen LogP contribution in [-0.4, -0.2) is 10.8 Å². The van der Waals surface area contributed by atoms with Gasteiger partial charge in [-0.2, -0.15) is 0 Å². The molecule has 1 N–H and O–H groups in total. The topological polar surface area (TPSA) is 72.2 Å². The Bertz CT molecular complexity index is 742. The largest absolute Gasteiger partial charge is 0.321 e. The van der Waals surface area contributed by atoms with E-state index < -0.39 is 4.92 Å². The Labute approximate surface area is 132 Å². The summed E-state index contributed by atoms with van der Waals surface area (Å²) < 4.78 is 0. The van der Waals surface area contributed by atoms with E-state index in [2.05, 4.69) is 5.32 Å². The molecule has 0 saturated heterocycles. The van der Waals surface area contributed by atoms with Crippen molar-refractivity contribution in [2.24, 2.45) is 0 Å². The summed E-state index contributed by atoms with van der Waals surface area (Å²) in [5, 5.41) is 13.6. The highest BCUT2D eigenvalue weighted by molar-refractivity contribution is 6.34. The van der Waals surface area contributed by atoms with Gasteiger partial charge in [0.05, 0.1) is 15.6 Å². The molecule has 22 heavy (non-hydrogen) atoms. The molecule has 0 spiro atoms. The Morgan fingerprint density at radius 2 is 1.91 bits per heavy atom. The van der Waals surface area contributed by atoms with Gasteiger partial charge in [0, 0.05) is 17.7 Å². The van der Waals surface area contributed by atoms with Crippen LogP contribution in [-0.2, 0) is 4.79 Å². The van der Waals surface area contributed by atoms with Crippen LogP contribution in [0.3, 0.4) is 0 Å². The number of carbonyl (C=O) groups excluding carboxylic acids is 1. The molecule has 0 unspecified atom stereocenters. The maximum absolute atomic E-state index is 12.1. The molecular weight excluding hydrogens is 304 g/mol. The Kier molecular flexibility index (Phi) is 4.91. The molecule has 5 nitrogen and oxygen atoms in total. The number of halogens is 1. The summed E-state index contributed by atoms with van der Waals surface area (Å²) in [6.45, 7) is 1.66. The average molecular weight is 317 g/mol. The quantitative estimate of drug-likeness (QED) is 0.519. The van der Waals surface area contributed by atoms with Crippen molar-refractivity contribution >= 4 is 35.0 Å². The first-order valence-electron chi connectivity index (χ1n) is 6.46. The minimum atomic E-state index is -0.543. The van der Waals surface area contributed by atoms with Gasteiger partial charge in [0.25, 0.3) is 11.6 Å². The third kappa shape index (κ3) is 3.93. The molecule has 0 atom stereocenters. The third-order valence-corrected chi connectivity index (χ3v) is 3.28. The van der Waals surface area contributed by atoms with Gasteiger partial charge in [-0.25, -0.2) is 0 Å². The smallest absolute Gasteiger partial charge is 0.271 e. The van der Waals surface area contributed by atoms with Crippen LogP contribution in [0.4, 0.5) is 11.4 Å². The zero-order chi connectivity index (χ0) is 16.1. The van der Waals surface area contributed by atoms with Gasteiger partial charge in [-0.15, -0.1) is 0 Å². The number of nitrogens with one attached hydrogen (secondary N) is 1. The first-order chi connectivity index (χ1) is 10.5. The van der Waals surface area contributed by atoms with Gasteiger partial charge < -0.3 is 5.32 Å². The normalized spacial score (nSPS) is 11.1. The standard InChI is InChI=1S/C16H13ClN2O3/c1-11(9-12-5-3-2-4-6-12)16(20)18-15-10-13(19(21)22)7-8-14(15)17/h2-10H,1H3,(H,18,20)/b11-9+. The fourth-order valence-corrected chi connectivity index (χ4v) is 1.97. The first kappa shape index (κ1) is 15.7. The number of carbonyl (C=O) groups is 1. The minimum absolute atomic E-state index is 0.135. The van der Waals surface area contributed by atoms with Crippen LogP contribution in [0.25, 0.3) is 6.08 Å². The summed E-state index contributed by atoms with van der Waals surface area (Å²) in [4.78, 5) is 22.4. The number of nitro benzene ring substituents is 1. The number of anilines is 1. The lowest BCUT2D eigenvalue weighted by Crippen LogP contribution is -2.13. The zero-order valence-electron chi connectivity index (χ0n) is 11.7. The molecule has 0 aromatic heterocycles. The van der Waals surface area contributed by atoms with Crippen molar-refractivity contribution < 1.29 is 9.72 Å². The van der Waals surface area contributed by atoms with Crippen molar-refractivity contribution in [3.63, 3.8) is 0 Å². The second-order valence-corrected chi connectivity index (χ2v) is 5.02. The van der Waals surface area contributed by atoms with Crippen LogP contribution in [0.2, 0.25) is 5.02 Å². The SMILES string of the molecule is C/C(=C\c1ccccc1)C(=O)Nc1cc([N+](=O)[O-])ccc1Cl. The molecule has 2 aromatic rings. The van der Waals surface area contributed by atoms with E-state index in [1.807, 2.05) is 30.3 Å². The number of nitro groups is 1. The lowest BCUT2D eigenvalue weighted by atomic mass is 10.1. The van der Waals surface area contributed by atoms with E-state index in [0.29, 0.717) is 5.57 Å². The highest BCUT2D eigenvalue weighted by Gasteiger charge is 2.13. The van der Waals surface area contributed by atoms with Crippen LogP contribution in [0, 0.1) is 10.1 Å². The second kappa shape index (κ2) is 6.87. The van der Waals surface area contributed by atoms with Gasteiger partial charge in [0.2, 0.25) is 0 Å². The van der Waals surface area contributed by atoms with Crippen molar-refractivity contribution in [1.29, 1.82) is 0 Å². The predicted molar refractivity (Wildman–Crippen MR) is 86.8 cm³/mol. The van der Waals surface area contributed by atoms with E-state index in [9.17, 15) is 14.9 Å². The fourth-order valence-electron chi connectivity index (χ4n) is 1.81. The van der Waals surface area contributed by atoms with Gasteiger partial charge >= 0.3 is 0 Å². The molecule has 1 amide bonds. The van der Waals surface area contributed by atoms with Gasteiger partial charge in [-0.3, -0.25) is 14.9 Å². The Balaban J connectivity index is 2.20. The van der Waals surface area contributed by atoms with E-state index in [4.69, 9.17) is 11.6 Å². The maximum atomic E-state index is 12.1. The van der Waals surface area contributed by atoms with Crippen LogP contribution in [0.1, 0.15) is 12.5 Å². The van der Waals surface area contributed by atoms with Gasteiger partial charge in [0.15, 0.2) is 0 Å². The molecule has 0 aliphatic heterocycles. The van der Waals surface area contributed by atoms with E-state index in [1.54, 1.807) is 13.0 Å². The summed E-state index contributed by atoms with van der Waals surface area (Å²) in [6.07, 6.45) is 1.72. The number of rotatable bonds is 4. The Morgan fingerprint density at radius 1 is 1.23 bits per heavy atom. The predicted octanol–water partition coefficient (Wildman–Crippen LogP) is 4.29. The van der Waals surface area contributed by atoms with Crippen molar-refractivity contribution in [3.05, 3.63) is 74.8 Å². The van der Waals surface area contributed by atoms with E-state index in [1.165, 1.54) is 18.2 Å². The molecule has 2 rings (SSSR count). The van der Waals surface area contributed by atoms with Crippen LogP contribution >= 0.6 is 11.6 Å². The van der Waals surface area contributed by atoms with Crippen LogP contribution < -0.4 is 5.32 Å². The lowest BCUT2D eigenvalue weighted by Gasteiger charge is -2.07. The number of hydrogen-bond acceptors (Lipinski definition) is 3. The summed E-state index contributed by atoms with van der Waals surface area (Å²) in [5.41, 5.74) is 1.43. The molecule has 112 valence electrons. The third-order valence-electron chi connectivity index (χ3n) is 2.95. The van der Waals surface area contributed by atoms with Gasteiger partial charge in [0.1, 0.15) is 0 Å². The number of non-ortho nitro benzene ring substituents is 1. The Hall–Kier alpha value is -2.66. The summed E-state index contributed by atoms with van der Waals surface area (Å²) in [6, 6.07) is 13.3. The summed E-state index contributed by atoms with van der Waals surface area (Å²) in [7, 11) is 0. The van der Waals surface area contributed by atoms with Crippen molar-refractivity contribution in [1.82, 2.24) is 0 Å². The van der Waals surface area contributed by atoms with E-state index >= 15 is 0 Å². The zero-order valence-corrected chi connectivity index (χ0v) is 12.5. The minimum Gasteiger partial charge on any atom is -0.321 e. The van der Waals surface area contributed by atoms with Gasteiger partial charge in [-0.05, 0) is 24.6 Å². The molecule has 0 aliphatic rings. The molecule has 0 radical (unpaired) electrons. The molecule has 0 fully saturated rings. The molecule has 0 heterocycles.